The predicted octanol–water partition coefficient (Wildman–Crippen LogP) is 3.81. The molecule has 0 radical (unpaired) electrons. The number of aryl methyl sites for hydroxylation is 2. The van der Waals surface area contributed by atoms with E-state index in [1.165, 1.54) is 16.3 Å². The Bertz CT molecular complexity index is 1220. The summed E-state index contributed by atoms with van der Waals surface area (Å²) in [4.78, 5) is 15.6. The van der Waals surface area contributed by atoms with E-state index in [-0.39, 0.29) is 5.56 Å². The highest BCUT2D eigenvalue weighted by Crippen LogP contribution is 2.20. The number of hydrogen-bond acceptors (Lipinski definition) is 3. The molecule has 4 nitrogen and oxygen atoms in total. The van der Waals surface area contributed by atoms with Crippen LogP contribution in [-0.2, 0) is 13.0 Å². The monoisotopic (exact) mass is 383 g/mol. The number of benzene rings is 3. The van der Waals surface area contributed by atoms with Gasteiger partial charge in [0.05, 0.1) is 5.52 Å². The van der Waals surface area contributed by atoms with Crippen LogP contribution >= 0.6 is 0 Å². The van der Waals surface area contributed by atoms with Crippen molar-refractivity contribution in [3.8, 4) is 0 Å². The first kappa shape index (κ1) is 18.0. The molecule has 1 N–H and O–H groups in total. The van der Waals surface area contributed by atoms with Crippen molar-refractivity contribution in [2.24, 2.45) is 0 Å². The van der Waals surface area contributed by atoms with Crippen LogP contribution < -0.4 is 15.8 Å². The molecule has 0 aliphatic carbocycles. The number of piperazine rings is 1. The van der Waals surface area contributed by atoms with Gasteiger partial charge in [0.2, 0.25) is 0 Å². The molecule has 0 unspecified atom stereocenters. The molecule has 2 heterocycles. The van der Waals surface area contributed by atoms with E-state index in [4.69, 9.17) is 0 Å². The van der Waals surface area contributed by atoms with Crippen LogP contribution in [-0.4, -0.2) is 30.7 Å². The van der Waals surface area contributed by atoms with E-state index in [9.17, 15) is 4.79 Å². The summed E-state index contributed by atoms with van der Waals surface area (Å²) in [5.74, 6) is 0. The molecule has 0 bridgehead atoms. The number of aromatic nitrogens is 1. The van der Waals surface area contributed by atoms with Crippen LogP contribution in [0.4, 0.5) is 5.69 Å². The van der Waals surface area contributed by atoms with Gasteiger partial charge >= 0.3 is 0 Å². The molecule has 4 aromatic rings. The first-order chi connectivity index (χ1) is 14.3. The van der Waals surface area contributed by atoms with E-state index in [1.54, 1.807) is 0 Å². The van der Waals surface area contributed by atoms with Crippen LogP contribution in [0.25, 0.3) is 21.7 Å². The molecular formula is C25H25N3O. The van der Waals surface area contributed by atoms with Gasteiger partial charge in [-0.05, 0) is 34.9 Å². The van der Waals surface area contributed by atoms with Crippen LogP contribution in [0, 0.1) is 0 Å². The van der Waals surface area contributed by atoms with Gasteiger partial charge in [-0.15, -0.1) is 0 Å². The van der Waals surface area contributed by atoms with Crippen LogP contribution in [0.2, 0.25) is 0 Å². The van der Waals surface area contributed by atoms with E-state index in [0.29, 0.717) is 6.54 Å². The lowest BCUT2D eigenvalue weighted by molar-refractivity contribution is 0.584. The second-order valence-electron chi connectivity index (χ2n) is 7.71. The first-order valence-corrected chi connectivity index (χ1v) is 10.4. The first-order valence-electron chi connectivity index (χ1n) is 10.4. The largest absolute Gasteiger partial charge is 0.365 e. The Balaban J connectivity index is 1.52. The summed E-state index contributed by atoms with van der Waals surface area (Å²) in [7, 11) is 0. The second kappa shape index (κ2) is 7.72. The maximum absolute atomic E-state index is 13.4. The minimum atomic E-state index is 0.117. The average Bonchev–Trinajstić information content (AvgIpc) is 2.78. The predicted molar refractivity (Wildman–Crippen MR) is 121 cm³/mol. The lowest BCUT2D eigenvalue weighted by atomic mass is 10.0. The molecule has 0 amide bonds. The molecule has 5 rings (SSSR count). The van der Waals surface area contributed by atoms with Crippen molar-refractivity contribution in [1.29, 1.82) is 0 Å². The van der Waals surface area contributed by atoms with E-state index in [2.05, 4.69) is 70.9 Å². The Hall–Kier alpha value is -3.11. The Kier molecular flexibility index (Phi) is 4.78. The fourth-order valence-corrected chi connectivity index (χ4v) is 4.30. The van der Waals surface area contributed by atoms with Gasteiger partial charge in [0.25, 0.3) is 5.56 Å². The molecule has 0 spiro atoms. The van der Waals surface area contributed by atoms with Crippen molar-refractivity contribution in [3.05, 3.63) is 88.7 Å². The molecule has 0 atom stereocenters. The smallest absolute Gasteiger partial charge is 0.274 e. The lowest BCUT2D eigenvalue weighted by Gasteiger charge is -2.29. The van der Waals surface area contributed by atoms with E-state index < -0.39 is 0 Å². The molecule has 3 aromatic carbocycles. The quantitative estimate of drug-likeness (QED) is 0.582. The Morgan fingerprint density at radius 1 is 0.793 bits per heavy atom. The summed E-state index contributed by atoms with van der Waals surface area (Å²) >= 11 is 0. The maximum atomic E-state index is 13.4. The molecule has 1 aromatic heterocycles. The van der Waals surface area contributed by atoms with E-state index >= 15 is 0 Å². The number of hydrogen-bond donors (Lipinski definition) is 1. The number of nitrogens with zero attached hydrogens (tertiary/aromatic N) is 2. The van der Waals surface area contributed by atoms with Crippen LogP contribution in [0.1, 0.15) is 5.56 Å². The molecule has 1 saturated heterocycles. The number of rotatable bonds is 4. The normalized spacial score (nSPS) is 14.6. The van der Waals surface area contributed by atoms with E-state index in [0.717, 1.165) is 49.2 Å². The summed E-state index contributed by atoms with van der Waals surface area (Å²) in [6.07, 6.45) is 0.833. The summed E-state index contributed by atoms with van der Waals surface area (Å²) in [6, 6.07) is 25.3. The highest BCUT2D eigenvalue weighted by atomic mass is 16.1. The molecule has 146 valence electrons. The summed E-state index contributed by atoms with van der Waals surface area (Å²) in [6.45, 7) is 4.26. The average molecular weight is 383 g/mol. The molecule has 1 aliphatic rings. The van der Waals surface area contributed by atoms with Gasteiger partial charge < -0.3 is 14.8 Å². The fourth-order valence-electron chi connectivity index (χ4n) is 4.30. The Labute approximate surface area is 170 Å². The number of pyridine rings is 1. The van der Waals surface area contributed by atoms with Crippen molar-refractivity contribution in [2.75, 3.05) is 31.1 Å². The van der Waals surface area contributed by atoms with Crippen molar-refractivity contribution in [3.63, 3.8) is 0 Å². The van der Waals surface area contributed by atoms with Gasteiger partial charge in [0, 0.05) is 38.1 Å². The number of anilines is 1. The SMILES string of the molecule is O=c1c(N2CCNCC2)cc2ccccc2n1CCc1ccc2ccccc2c1. The molecule has 0 saturated carbocycles. The standard InChI is InChI=1S/C25H25N3O/c29-25-24(27-15-12-26-13-16-27)18-22-7-3-4-8-23(22)28(25)14-11-19-9-10-20-5-1-2-6-21(20)17-19/h1-10,17-18,26H,11-16H2. The molecule has 29 heavy (non-hydrogen) atoms. The highest BCUT2D eigenvalue weighted by molar-refractivity contribution is 5.83. The van der Waals surface area contributed by atoms with E-state index in [1.807, 2.05) is 16.7 Å². The fraction of sp³-hybridized carbons (Fsp3) is 0.240. The topological polar surface area (TPSA) is 37.3 Å². The zero-order valence-electron chi connectivity index (χ0n) is 16.5. The lowest BCUT2D eigenvalue weighted by Crippen LogP contribution is -2.46. The molecule has 4 heteroatoms. The van der Waals surface area contributed by atoms with Gasteiger partial charge in [-0.2, -0.15) is 0 Å². The van der Waals surface area contributed by atoms with Crippen LogP contribution in [0.5, 0.6) is 0 Å². The van der Waals surface area contributed by atoms with Gasteiger partial charge in [0.1, 0.15) is 5.69 Å². The minimum absolute atomic E-state index is 0.117. The highest BCUT2D eigenvalue weighted by Gasteiger charge is 2.17. The molecule has 1 fully saturated rings. The second-order valence-corrected chi connectivity index (χ2v) is 7.71. The third kappa shape index (κ3) is 3.52. The third-order valence-electron chi connectivity index (χ3n) is 5.88. The van der Waals surface area contributed by atoms with Crippen molar-refractivity contribution in [2.45, 2.75) is 13.0 Å². The molecule has 1 aliphatic heterocycles. The molecular weight excluding hydrogens is 358 g/mol. The zero-order valence-corrected chi connectivity index (χ0v) is 16.5. The maximum Gasteiger partial charge on any atom is 0.274 e. The van der Waals surface area contributed by atoms with Crippen molar-refractivity contribution in [1.82, 2.24) is 9.88 Å². The van der Waals surface area contributed by atoms with Gasteiger partial charge in [-0.3, -0.25) is 4.79 Å². The van der Waals surface area contributed by atoms with Crippen LogP contribution in [0.3, 0.4) is 0 Å². The van der Waals surface area contributed by atoms with Crippen LogP contribution in [0.15, 0.2) is 77.6 Å². The van der Waals surface area contributed by atoms with Gasteiger partial charge in [-0.25, -0.2) is 0 Å². The summed E-state index contributed by atoms with van der Waals surface area (Å²) < 4.78 is 1.96. The number of fused-ring (bicyclic) bond motifs is 2. The minimum Gasteiger partial charge on any atom is -0.365 e. The third-order valence-corrected chi connectivity index (χ3v) is 5.88. The summed E-state index contributed by atoms with van der Waals surface area (Å²) in [5.41, 5.74) is 3.21. The van der Waals surface area contributed by atoms with Crippen molar-refractivity contribution < 1.29 is 0 Å². The Morgan fingerprint density at radius 2 is 1.52 bits per heavy atom. The van der Waals surface area contributed by atoms with Crippen molar-refractivity contribution >= 4 is 27.4 Å². The number of nitrogens with one attached hydrogen (secondary N) is 1. The Morgan fingerprint density at radius 3 is 2.34 bits per heavy atom. The van der Waals surface area contributed by atoms with Gasteiger partial charge in [0.15, 0.2) is 0 Å². The summed E-state index contributed by atoms with van der Waals surface area (Å²) in [5, 5.41) is 6.99. The zero-order chi connectivity index (χ0) is 19.6. The number of para-hydroxylation sites is 1. The van der Waals surface area contributed by atoms with Gasteiger partial charge in [-0.1, -0.05) is 60.7 Å².